The van der Waals surface area contributed by atoms with Crippen molar-refractivity contribution in [1.82, 2.24) is 10.2 Å². The number of likely N-dealkylation sites (tertiary alicyclic amines) is 1. The molecular formula is C20H30N2O3. The second-order valence-corrected chi connectivity index (χ2v) is 7.17. The second-order valence-electron chi connectivity index (χ2n) is 7.17. The van der Waals surface area contributed by atoms with Crippen LogP contribution >= 0.6 is 0 Å². The first-order valence-corrected chi connectivity index (χ1v) is 9.18. The molecule has 138 valence electrons. The molecule has 1 saturated heterocycles. The Hall–Kier alpha value is -2.04. The van der Waals surface area contributed by atoms with Crippen molar-refractivity contribution < 1.29 is 14.3 Å². The van der Waals surface area contributed by atoms with Crippen molar-refractivity contribution >= 4 is 11.8 Å². The van der Waals surface area contributed by atoms with E-state index >= 15 is 0 Å². The van der Waals surface area contributed by atoms with Gasteiger partial charge in [0.2, 0.25) is 11.8 Å². The molecule has 0 aliphatic carbocycles. The number of carbonyl (C=O) groups is 2. The van der Waals surface area contributed by atoms with Crippen LogP contribution in [0.5, 0.6) is 5.75 Å². The number of nitrogens with zero attached hydrogens (tertiary/aromatic N) is 1. The van der Waals surface area contributed by atoms with Crippen LogP contribution in [0.15, 0.2) is 24.3 Å². The zero-order chi connectivity index (χ0) is 18.2. The highest BCUT2D eigenvalue weighted by Crippen LogP contribution is 2.15. The molecule has 1 aromatic carbocycles. The Morgan fingerprint density at radius 2 is 1.84 bits per heavy atom. The van der Waals surface area contributed by atoms with E-state index in [2.05, 4.69) is 19.2 Å². The van der Waals surface area contributed by atoms with Gasteiger partial charge in [0, 0.05) is 32.0 Å². The summed E-state index contributed by atoms with van der Waals surface area (Å²) >= 11 is 0. The maximum Gasteiger partial charge on any atom is 0.222 e. The fraction of sp³-hybridized carbons (Fsp3) is 0.600. The van der Waals surface area contributed by atoms with Gasteiger partial charge in [-0.15, -0.1) is 0 Å². The number of benzene rings is 1. The number of methoxy groups -OCH3 is 1. The van der Waals surface area contributed by atoms with Crippen molar-refractivity contribution in [2.24, 2.45) is 5.92 Å². The van der Waals surface area contributed by atoms with Crippen LogP contribution < -0.4 is 10.1 Å². The lowest BCUT2D eigenvalue weighted by atomic mass is 10.0. The molecule has 2 rings (SSSR count). The number of rotatable bonds is 7. The third-order valence-corrected chi connectivity index (χ3v) is 4.60. The van der Waals surface area contributed by atoms with Crippen molar-refractivity contribution in [2.75, 3.05) is 20.2 Å². The minimum atomic E-state index is 0.0859. The number of amides is 2. The van der Waals surface area contributed by atoms with Gasteiger partial charge in [-0.05, 0) is 42.9 Å². The van der Waals surface area contributed by atoms with Gasteiger partial charge in [-0.3, -0.25) is 9.59 Å². The average Bonchev–Trinajstić information content (AvgIpc) is 2.60. The molecule has 1 fully saturated rings. The fourth-order valence-electron chi connectivity index (χ4n) is 3.10. The Kier molecular flexibility index (Phi) is 7.29. The van der Waals surface area contributed by atoms with Crippen LogP contribution in [-0.4, -0.2) is 43.0 Å². The molecule has 1 heterocycles. The summed E-state index contributed by atoms with van der Waals surface area (Å²) in [6, 6.07) is 8.00. The first-order valence-electron chi connectivity index (χ1n) is 9.18. The molecule has 25 heavy (non-hydrogen) atoms. The van der Waals surface area contributed by atoms with E-state index in [1.54, 1.807) is 7.11 Å². The molecule has 1 aromatic rings. The van der Waals surface area contributed by atoms with Crippen LogP contribution in [-0.2, 0) is 16.0 Å². The number of ether oxygens (including phenoxy) is 1. The van der Waals surface area contributed by atoms with Crippen LogP contribution in [0.1, 0.15) is 45.1 Å². The van der Waals surface area contributed by atoms with Gasteiger partial charge in [0.15, 0.2) is 0 Å². The Labute approximate surface area is 150 Å². The lowest BCUT2D eigenvalue weighted by molar-refractivity contribution is -0.133. The van der Waals surface area contributed by atoms with E-state index in [9.17, 15) is 9.59 Å². The third kappa shape index (κ3) is 6.40. The van der Waals surface area contributed by atoms with E-state index in [-0.39, 0.29) is 17.9 Å². The highest BCUT2D eigenvalue weighted by molar-refractivity contribution is 5.77. The molecule has 1 N–H and O–H groups in total. The molecule has 0 spiro atoms. The number of carbonyl (C=O) groups excluding carboxylic acids is 2. The summed E-state index contributed by atoms with van der Waals surface area (Å²) in [6.07, 6.45) is 3.51. The van der Waals surface area contributed by atoms with Crippen LogP contribution in [0.25, 0.3) is 0 Å². The zero-order valence-corrected chi connectivity index (χ0v) is 15.6. The van der Waals surface area contributed by atoms with Gasteiger partial charge in [-0.25, -0.2) is 0 Å². The Bertz CT molecular complexity index is 561. The van der Waals surface area contributed by atoms with E-state index < -0.39 is 0 Å². The molecule has 0 aromatic heterocycles. The van der Waals surface area contributed by atoms with Crippen LogP contribution in [0, 0.1) is 5.92 Å². The van der Waals surface area contributed by atoms with Crippen LogP contribution in [0.4, 0.5) is 0 Å². The largest absolute Gasteiger partial charge is 0.497 e. The van der Waals surface area contributed by atoms with Gasteiger partial charge in [-0.1, -0.05) is 26.0 Å². The quantitative estimate of drug-likeness (QED) is 0.826. The normalized spacial score (nSPS) is 15.3. The Morgan fingerprint density at radius 1 is 1.20 bits per heavy atom. The molecule has 0 bridgehead atoms. The maximum atomic E-state index is 12.2. The van der Waals surface area contributed by atoms with Gasteiger partial charge in [0.1, 0.15) is 5.75 Å². The van der Waals surface area contributed by atoms with E-state index in [1.165, 1.54) is 0 Å². The molecule has 5 nitrogen and oxygen atoms in total. The molecular weight excluding hydrogens is 316 g/mol. The van der Waals surface area contributed by atoms with Crippen molar-refractivity contribution in [3.05, 3.63) is 29.8 Å². The van der Waals surface area contributed by atoms with Crippen LogP contribution in [0.2, 0.25) is 0 Å². The number of hydrogen-bond acceptors (Lipinski definition) is 3. The lowest BCUT2D eigenvalue weighted by Crippen LogP contribution is -2.46. The van der Waals surface area contributed by atoms with E-state index in [1.807, 2.05) is 29.2 Å². The summed E-state index contributed by atoms with van der Waals surface area (Å²) in [4.78, 5) is 26.2. The molecule has 5 heteroatoms. The summed E-state index contributed by atoms with van der Waals surface area (Å²) in [7, 11) is 1.64. The monoisotopic (exact) mass is 346 g/mol. The fourth-order valence-corrected chi connectivity index (χ4v) is 3.10. The highest BCUT2D eigenvalue weighted by atomic mass is 16.5. The highest BCUT2D eigenvalue weighted by Gasteiger charge is 2.23. The maximum absolute atomic E-state index is 12.2. The van der Waals surface area contributed by atoms with E-state index in [4.69, 9.17) is 4.74 Å². The summed E-state index contributed by atoms with van der Waals surface area (Å²) in [6.45, 7) is 5.62. The van der Waals surface area contributed by atoms with Crippen molar-refractivity contribution in [1.29, 1.82) is 0 Å². The minimum absolute atomic E-state index is 0.0859. The van der Waals surface area contributed by atoms with Gasteiger partial charge in [0.25, 0.3) is 0 Å². The average molecular weight is 346 g/mol. The summed E-state index contributed by atoms with van der Waals surface area (Å²) < 4.78 is 5.13. The molecule has 2 amide bonds. The first-order chi connectivity index (χ1) is 12.0. The predicted molar refractivity (Wildman–Crippen MR) is 98.5 cm³/mol. The molecule has 0 atom stereocenters. The second kappa shape index (κ2) is 9.44. The number of piperidine rings is 1. The Morgan fingerprint density at radius 3 is 2.40 bits per heavy atom. The summed E-state index contributed by atoms with van der Waals surface area (Å²) in [5.74, 6) is 1.54. The number of nitrogens with one attached hydrogen (secondary N) is 1. The predicted octanol–water partition coefficient (Wildman–Crippen LogP) is 2.78. The Balaban J connectivity index is 1.68. The molecule has 0 radical (unpaired) electrons. The van der Waals surface area contributed by atoms with Crippen molar-refractivity contribution in [2.45, 2.75) is 52.0 Å². The molecule has 0 saturated carbocycles. The van der Waals surface area contributed by atoms with Gasteiger partial charge >= 0.3 is 0 Å². The topological polar surface area (TPSA) is 58.6 Å². The summed E-state index contributed by atoms with van der Waals surface area (Å²) in [5.41, 5.74) is 1.13. The smallest absolute Gasteiger partial charge is 0.222 e. The van der Waals surface area contributed by atoms with E-state index in [0.29, 0.717) is 18.8 Å². The van der Waals surface area contributed by atoms with Gasteiger partial charge in [0.05, 0.1) is 7.11 Å². The molecule has 0 unspecified atom stereocenters. The van der Waals surface area contributed by atoms with Gasteiger partial charge < -0.3 is 15.0 Å². The van der Waals surface area contributed by atoms with Crippen molar-refractivity contribution in [3.8, 4) is 5.75 Å². The minimum Gasteiger partial charge on any atom is -0.497 e. The van der Waals surface area contributed by atoms with Gasteiger partial charge in [-0.2, -0.15) is 0 Å². The SMILES string of the molecule is COc1ccc(CCC(=O)NC2CCN(C(=O)CC(C)C)CC2)cc1. The summed E-state index contributed by atoms with van der Waals surface area (Å²) in [5, 5.41) is 3.11. The molecule has 1 aliphatic rings. The number of hydrogen-bond donors (Lipinski definition) is 1. The first kappa shape index (κ1) is 19.3. The zero-order valence-electron chi connectivity index (χ0n) is 15.6. The van der Waals surface area contributed by atoms with E-state index in [0.717, 1.165) is 43.7 Å². The standard InChI is InChI=1S/C20H30N2O3/c1-15(2)14-20(24)22-12-10-17(11-13-22)21-19(23)9-6-16-4-7-18(25-3)8-5-16/h4-5,7-8,15,17H,6,9-14H2,1-3H3,(H,21,23). The third-order valence-electron chi connectivity index (χ3n) is 4.60. The molecule has 1 aliphatic heterocycles. The van der Waals surface area contributed by atoms with Crippen LogP contribution in [0.3, 0.4) is 0 Å². The van der Waals surface area contributed by atoms with Crippen molar-refractivity contribution in [3.63, 3.8) is 0 Å². The lowest BCUT2D eigenvalue weighted by Gasteiger charge is -2.33. The number of aryl methyl sites for hydroxylation is 1.